The summed E-state index contributed by atoms with van der Waals surface area (Å²) in [7, 11) is 0. The smallest absolute Gasteiger partial charge is 0.251 e. The molecule has 6 heteroatoms. The highest BCUT2D eigenvalue weighted by Gasteiger charge is 2.12. The van der Waals surface area contributed by atoms with E-state index in [0.717, 1.165) is 11.1 Å². The third-order valence-corrected chi connectivity index (χ3v) is 7.26. The number of benzene rings is 5. The molecule has 5 aromatic carbocycles. The van der Waals surface area contributed by atoms with E-state index in [1.165, 1.54) is 0 Å². The number of amides is 1. The second-order valence-electron chi connectivity index (χ2n) is 10.4. The van der Waals surface area contributed by atoms with Crippen LogP contribution in [0.4, 0.5) is 0 Å². The summed E-state index contributed by atoms with van der Waals surface area (Å²) in [5.74, 6) is -0.409. The van der Waals surface area contributed by atoms with E-state index in [9.17, 15) is 19.2 Å². The number of hydrogen-bond donors (Lipinski definition) is 2. The Morgan fingerprint density at radius 3 is 1.52 bits per heavy atom. The minimum Gasteiger partial charge on any atom is -0.352 e. The van der Waals surface area contributed by atoms with Crippen molar-refractivity contribution in [2.24, 2.45) is 0 Å². The first-order valence-corrected chi connectivity index (χ1v) is 14.5. The summed E-state index contributed by atoms with van der Waals surface area (Å²) in [6, 6.07) is 39.5. The van der Waals surface area contributed by atoms with Gasteiger partial charge in [0.2, 0.25) is 0 Å². The number of ketones is 3. The molecule has 44 heavy (non-hydrogen) atoms. The number of nitrogens with one attached hydrogen (secondary N) is 2. The van der Waals surface area contributed by atoms with Crippen LogP contribution in [-0.2, 0) is 13.0 Å². The number of Topliss-reactive ketones (excluding diaryl/α,β-unsaturated/α-hetero) is 1. The highest BCUT2D eigenvalue weighted by atomic mass is 16.2. The predicted octanol–water partition coefficient (Wildman–Crippen LogP) is 6.09. The maximum absolute atomic E-state index is 12.7. The summed E-state index contributed by atoms with van der Waals surface area (Å²) in [5, 5.41) is 6.14. The van der Waals surface area contributed by atoms with E-state index in [-0.39, 0.29) is 29.8 Å². The number of carbonyl (C=O) groups is 4. The molecule has 5 rings (SSSR count). The van der Waals surface area contributed by atoms with E-state index in [1.54, 1.807) is 72.8 Å². The first-order valence-electron chi connectivity index (χ1n) is 14.5. The monoisotopic (exact) mass is 580 g/mol. The first kappa shape index (κ1) is 30.0. The lowest BCUT2D eigenvalue weighted by atomic mass is 10.0. The molecule has 0 saturated carbocycles. The average Bonchev–Trinajstić information content (AvgIpc) is 3.08. The van der Waals surface area contributed by atoms with Crippen LogP contribution >= 0.6 is 0 Å². The lowest BCUT2D eigenvalue weighted by molar-refractivity contribution is 0.0951. The zero-order valence-electron chi connectivity index (χ0n) is 24.2. The second kappa shape index (κ2) is 14.6. The Hall–Kier alpha value is -5.46. The fraction of sp³-hybridized carbons (Fsp3) is 0.105. The van der Waals surface area contributed by atoms with Crippen LogP contribution in [0.5, 0.6) is 0 Å². The minimum atomic E-state index is -0.197. The van der Waals surface area contributed by atoms with Crippen LogP contribution in [0.25, 0.3) is 0 Å². The van der Waals surface area contributed by atoms with Gasteiger partial charge in [0.05, 0.1) is 6.54 Å². The molecule has 0 atom stereocenters. The maximum Gasteiger partial charge on any atom is 0.251 e. The average molecular weight is 581 g/mol. The third-order valence-electron chi connectivity index (χ3n) is 7.26. The topological polar surface area (TPSA) is 92.3 Å². The van der Waals surface area contributed by atoms with Crippen LogP contribution in [0.2, 0.25) is 0 Å². The van der Waals surface area contributed by atoms with Crippen molar-refractivity contribution in [2.45, 2.75) is 13.0 Å². The van der Waals surface area contributed by atoms with E-state index in [0.29, 0.717) is 52.9 Å². The van der Waals surface area contributed by atoms with Gasteiger partial charge in [0, 0.05) is 46.5 Å². The molecule has 0 spiro atoms. The van der Waals surface area contributed by atoms with Crippen LogP contribution in [0, 0.1) is 0 Å². The van der Waals surface area contributed by atoms with Gasteiger partial charge in [-0.25, -0.2) is 0 Å². The third kappa shape index (κ3) is 7.88. The Morgan fingerprint density at radius 1 is 0.477 bits per heavy atom. The molecular weight excluding hydrogens is 548 g/mol. The van der Waals surface area contributed by atoms with E-state index >= 15 is 0 Å². The molecule has 1 amide bonds. The molecule has 0 radical (unpaired) electrons. The molecule has 0 aliphatic rings. The Labute approximate surface area is 256 Å². The quantitative estimate of drug-likeness (QED) is 0.164. The summed E-state index contributed by atoms with van der Waals surface area (Å²) < 4.78 is 0. The van der Waals surface area contributed by atoms with Crippen LogP contribution in [-0.4, -0.2) is 36.3 Å². The van der Waals surface area contributed by atoms with Gasteiger partial charge in [-0.1, -0.05) is 121 Å². The Bertz CT molecular complexity index is 1620. The summed E-state index contributed by atoms with van der Waals surface area (Å²) in [6.45, 7) is 1.15. The molecule has 0 unspecified atom stereocenters. The molecule has 2 N–H and O–H groups in total. The van der Waals surface area contributed by atoms with Gasteiger partial charge in [0.15, 0.2) is 17.3 Å². The highest BCUT2D eigenvalue weighted by molar-refractivity contribution is 6.10. The number of hydrogen-bond acceptors (Lipinski definition) is 5. The summed E-state index contributed by atoms with van der Waals surface area (Å²) in [5.41, 5.74) is 5.44. The normalized spacial score (nSPS) is 10.6. The summed E-state index contributed by atoms with van der Waals surface area (Å²) in [4.78, 5) is 50.5. The Morgan fingerprint density at radius 2 is 0.955 bits per heavy atom. The predicted molar refractivity (Wildman–Crippen MR) is 171 cm³/mol. The zero-order chi connectivity index (χ0) is 30.7. The van der Waals surface area contributed by atoms with Gasteiger partial charge >= 0.3 is 0 Å². The van der Waals surface area contributed by atoms with E-state index in [4.69, 9.17) is 0 Å². The van der Waals surface area contributed by atoms with Gasteiger partial charge < -0.3 is 10.6 Å². The molecule has 0 saturated heterocycles. The lowest BCUT2D eigenvalue weighted by Gasteiger charge is -2.09. The number of carbonyl (C=O) groups excluding carboxylic acids is 4. The standard InChI is InChI=1S/C38H32N2O4/c41-35(29-14-16-32(17-15-29)36(42)30-10-3-1-4-11-30)26-39-25-28-9-7-8-27(24-28)22-23-40-38(44)34-20-18-33(19-21-34)37(43)31-12-5-2-6-13-31/h1-21,24,39H,22-23,25-26H2,(H,40,44). The maximum atomic E-state index is 12.7. The fourth-order valence-electron chi connectivity index (χ4n) is 4.83. The minimum absolute atomic E-state index is 0.0555. The summed E-state index contributed by atoms with van der Waals surface area (Å²) in [6.07, 6.45) is 0.650. The van der Waals surface area contributed by atoms with E-state index in [1.807, 2.05) is 54.6 Å². The van der Waals surface area contributed by atoms with Crippen molar-refractivity contribution in [3.8, 4) is 0 Å². The molecule has 218 valence electrons. The fourth-order valence-corrected chi connectivity index (χ4v) is 4.83. The lowest BCUT2D eigenvalue weighted by Crippen LogP contribution is -2.25. The SMILES string of the molecule is O=C(CNCc1cccc(CCNC(=O)c2ccc(C(=O)c3ccccc3)cc2)c1)c1ccc(C(=O)c2ccccc2)cc1. The van der Waals surface area contributed by atoms with Gasteiger partial charge in [-0.3, -0.25) is 19.2 Å². The second-order valence-corrected chi connectivity index (χ2v) is 10.4. The molecule has 0 fully saturated rings. The molecular formula is C38H32N2O4. The molecule has 0 aliphatic carbocycles. The molecule has 0 aromatic heterocycles. The van der Waals surface area contributed by atoms with Crippen LogP contribution < -0.4 is 10.6 Å². The molecule has 0 heterocycles. The van der Waals surface area contributed by atoms with Crippen LogP contribution in [0.1, 0.15) is 63.7 Å². The van der Waals surface area contributed by atoms with Gasteiger partial charge in [-0.05, 0) is 29.7 Å². The molecule has 5 aromatic rings. The largest absolute Gasteiger partial charge is 0.352 e. The van der Waals surface area contributed by atoms with Gasteiger partial charge in [-0.2, -0.15) is 0 Å². The van der Waals surface area contributed by atoms with Crippen molar-refractivity contribution in [3.63, 3.8) is 0 Å². The van der Waals surface area contributed by atoms with Crippen molar-refractivity contribution in [2.75, 3.05) is 13.1 Å². The summed E-state index contributed by atoms with van der Waals surface area (Å²) >= 11 is 0. The number of rotatable bonds is 13. The van der Waals surface area contributed by atoms with E-state index in [2.05, 4.69) is 16.7 Å². The van der Waals surface area contributed by atoms with Gasteiger partial charge in [-0.15, -0.1) is 0 Å². The van der Waals surface area contributed by atoms with E-state index < -0.39 is 0 Å². The van der Waals surface area contributed by atoms with Crippen LogP contribution in [0.15, 0.2) is 133 Å². The van der Waals surface area contributed by atoms with Crippen molar-refractivity contribution < 1.29 is 19.2 Å². The Kier molecular flexibility index (Phi) is 9.98. The zero-order valence-corrected chi connectivity index (χ0v) is 24.2. The van der Waals surface area contributed by atoms with Crippen molar-refractivity contribution in [1.29, 1.82) is 0 Å². The molecule has 0 bridgehead atoms. The molecule has 6 nitrogen and oxygen atoms in total. The molecule has 0 aliphatic heterocycles. The van der Waals surface area contributed by atoms with Gasteiger partial charge in [0.25, 0.3) is 5.91 Å². The van der Waals surface area contributed by atoms with Gasteiger partial charge in [0.1, 0.15) is 0 Å². The Balaban J connectivity index is 1.06. The van der Waals surface area contributed by atoms with Crippen molar-refractivity contribution >= 4 is 23.3 Å². The van der Waals surface area contributed by atoms with Crippen molar-refractivity contribution in [3.05, 3.63) is 178 Å². The van der Waals surface area contributed by atoms with Crippen molar-refractivity contribution in [1.82, 2.24) is 10.6 Å². The first-order chi connectivity index (χ1) is 21.5. The highest BCUT2D eigenvalue weighted by Crippen LogP contribution is 2.13. The van der Waals surface area contributed by atoms with Crippen LogP contribution in [0.3, 0.4) is 0 Å².